The van der Waals surface area contributed by atoms with E-state index in [2.05, 4.69) is 29.2 Å². The third-order valence-electron chi connectivity index (χ3n) is 6.80. The highest BCUT2D eigenvalue weighted by Gasteiger charge is 2.68. The molecule has 1 aromatic heterocycles. The highest BCUT2D eigenvalue weighted by molar-refractivity contribution is 14.1. The average molecular weight is 544 g/mol. The second kappa shape index (κ2) is 8.96. The van der Waals surface area contributed by atoms with Crippen LogP contribution in [-0.2, 0) is 22.7 Å². The molecule has 2 fully saturated rings. The van der Waals surface area contributed by atoms with Gasteiger partial charge in [0.25, 0.3) is 5.56 Å². The first-order valence-corrected chi connectivity index (χ1v) is 11.9. The van der Waals surface area contributed by atoms with Crippen molar-refractivity contribution in [2.45, 2.75) is 38.2 Å². The van der Waals surface area contributed by atoms with Gasteiger partial charge in [0.1, 0.15) is 0 Å². The predicted molar refractivity (Wildman–Crippen MR) is 129 cm³/mol. The fraction of sp³-hybridized carbons (Fsp3) is 0.360. The lowest BCUT2D eigenvalue weighted by atomic mass is 10.0. The molecule has 0 saturated heterocycles. The molecule has 0 aliphatic heterocycles. The average Bonchev–Trinajstić information content (AvgIpc) is 3.45. The summed E-state index contributed by atoms with van der Waals surface area (Å²) in [6.45, 7) is 1.68. The van der Waals surface area contributed by atoms with Gasteiger partial charge < -0.3 is 9.47 Å². The summed E-state index contributed by atoms with van der Waals surface area (Å²) < 4.78 is 14.8. The molecule has 0 unspecified atom stereocenters. The number of hydrogen-bond acceptors (Lipinski definition) is 4. The van der Waals surface area contributed by atoms with Crippen molar-refractivity contribution in [3.63, 3.8) is 0 Å². The van der Waals surface area contributed by atoms with E-state index in [0.29, 0.717) is 29.3 Å². The van der Waals surface area contributed by atoms with Gasteiger partial charge in [0, 0.05) is 17.7 Å². The van der Waals surface area contributed by atoms with Crippen molar-refractivity contribution in [2.75, 3.05) is 6.61 Å². The van der Waals surface area contributed by atoms with Gasteiger partial charge in [0.2, 0.25) is 0 Å². The smallest absolute Gasteiger partial charge is 0.328 e. The summed E-state index contributed by atoms with van der Waals surface area (Å²) in [7, 11) is 0. The summed E-state index contributed by atoms with van der Waals surface area (Å²) in [5.41, 5.74) is 1.48. The summed E-state index contributed by atoms with van der Waals surface area (Å²) in [5.74, 6) is 0.290. The Labute approximate surface area is 199 Å². The zero-order valence-electron chi connectivity index (χ0n) is 17.6. The zero-order chi connectivity index (χ0) is 22.1. The summed E-state index contributed by atoms with van der Waals surface area (Å²) in [5, 5.41) is 0. The second-order valence-corrected chi connectivity index (χ2v) is 9.92. The largest absolute Gasteiger partial charge is 0.376 e. The number of aromatic nitrogens is 2. The molecule has 0 bridgehead atoms. The van der Waals surface area contributed by atoms with E-state index in [9.17, 15) is 9.59 Å². The van der Waals surface area contributed by atoms with E-state index in [1.165, 1.54) is 0 Å². The van der Waals surface area contributed by atoms with Crippen molar-refractivity contribution in [2.24, 2.45) is 11.3 Å². The van der Waals surface area contributed by atoms with E-state index in [-0.39, 0.29) is 28.8 Å². The maximum Gasteiger partial charge on any atom is 0.328 e. The number of H-pyrrole nitrogens is 1. The van der Waals surface area contributed by atoms with Crippen LogP contribution in [0, 0.1) is 14.9 Å². The molecule has 4 atom stereocenters. The van der Waals surface area contributed by atoms with E-state index in [4.69, 9.17) is 9.47 Å². The van der Waals surface area contributed by atoms with Gasteiger partial charge in [-0.2, -0.15) is 0 Å². The lowest BCUT2D eigenvalue weighted by molar-refractivity contribution is -0.0401. The first-order chi connectivity index (χ1) is 15.6. The molecule has 3 aromatic rings. The molecular weight excluding hydrogens is 519 g/mol. The molecule has 1 N–H and O–H groups in total. The number of rotatable bonds is 8. The first-order valence-electron chi connectivity index (χ1n) is 10.8. The Balaban J connectivity index is 1.35. The standard InChI is InChI=1S/C25H25IN2O4/c26-20-13-28(24(30)27-23(20)29)21-11-22(32-15-18-9-5-2-6-10-18)25(12-19(21)25)16-31-14-17-7-3-1-4-8-17/h1-10,13,19,21-22H,11-12,14-16H2,(H,27,29,30)/t19-,21+,22+,25+/m1/s1. The minimum Gasteiger partial charge on any atom is -0.376 e. The van der Waals surface area contributed by atoms with Crippen LogP contribution in [0.5, 0.6) is 0 Å². The number of nitrogens with zero attached hydrogens (tertiary/aromatic N) is 1. The monoisotopic (exact) mass is 544 g/mol. The van der Waals surface area contributed by atoms with Crippen LogP contribution < -0.4 is 11.2 Å². The van der Waals surface area contributed by atoms with Crippen molar-refractivity contribution in [1.29, 1.82) is 0 Å². The first kappa shape index (κ1) is 21.6. The molecule has 7 heteroatoms. The third-order valence-corrected chi connectivity index (χ3v) is 7.57. The molecule has 2 aliphatic rings. The van der Waals surface area contributed by atoms with Gasteiger partial charge >= 0.3 is 5.69 Å². The highest BCUT2D eigenvalue weighted by atomic mass is 127. The minimum absolute atomic E-state index is 0.00559. The van der Waals surface area contributed by atoms with Crippen LogP contribution in [0.15, 0.2) is 76.4 Å². The van der Waals surface area contributed by atoms with Crippen LogP contribution in [0.3, 0.4) is 0 Å². The number of aromatic amines is 1. The molecule has 5 rings (SSSR count). The van der Waals surface area contributed by atoms with E-state index in [0.717, 1.165) is 24.0 Å². The lowest BCUT2D eigenvalue weighted by Crippen LogP contribution is -2.34. The summed E-state index contributed by atoms with van der Waals surface area (Å²) in [6.07, 6.45) is 3.35. The van der Waals surface area contributed by atoms with E-state index >= 15 is 0 Å². The molecule has 2 saturated carbocycles. The molecular formula is C25H25IN2O4. The Kier molecular flexibility index (Phi) is 6.05. The van der Waals surface area contributed by atoms with E-state index in [1.54, 1.807) is 10.8 Å². The molecule has 0 amide bonds. The van der Waals surface area contributed by atoms with E-state index in [1.807, 2.05) is 59.0 Å². The molecule has 1 heterocycles. The second-order valence-electron chi connectivity index (χ2n) is 8.75. The number of halogens is 1. The van der Waals surface area contributed by atoms with Crippen LogP contribution >= 0.6 is 22.6 Å². The van der Waals surface area contributed by atoms with Gasteiger partial charge in [-0.3, -0.25) is 14.3 Å². The Bertz CT molecular complexity index is 1190. The Morgan fingerprint density at radius 1 is 1.00 bits per heavy atom. The minimum atomic E-state index is -0.352. The molecule has 0 radical (unpaired) electrons. The van der Waals surface area contributed by atoms with Gasteiger partial charge in [-0.05, 0) is 52.5 Å². The zero-order valence-corrected chi connectivity index (χ0v) is 19.7. The van der Waals surface area contributed by atoms with Gasteiger partial charge in [-0.1, -0.05) is 60.7 Å². The van der Waals surface area contributed by atoms with Crippen molar-refractivity contribution in [3.05, 3.63) is 102 Å². The van der Waals surface area contributed by atoms with Crippen LogP contribution in [0.1, 0.15) is 30.0 Å². The molecule has 0 spiro atoms. The normalized spacial score (nSPS) is 26.1. The fourth-order valence-corrected chi connectivity index (χ4v) is 5.50. The summed E-state index contributed by atoms with van der Waals surface area (Å²) >= 11 is 1.98. The quantitative estimate of drug-likeness (QED) is 0.437. The molecule has 32 heavy (non-hydrogen) atoms. The van der Waals surface area contributed by atoms with Crippen LogP contribution in [0.2, 0.25) is 0 Å². The fourth-order valence-electron chi connectivity index (χ4n) is 5.07. The number of fused-ring (bicyclic) bond motifs is 1. The maximum atomic E-state index is 12.6. The van der Waals surface area contributed by atoms with Crippen molar-refractivity contribution in [3.8, 4) is 0 Å². The van der Waals surface area contributed by atoms with Crippen molar-refractivity contribution in [1.82, 2.24) is 9.55 Å². The SMILES string of the molecule is O=c1[nH]c(=O)n([C@H]2C[C@H](OCc3ccccc3)[C@]3(COCc4ccccc4)C[C@H]23)cc1I. The predicted octanol–water partition coefficient (Wildman–Crippen LogP) is 3.89. The molecule has 166 valence electrons. The molecule has 2 aromatic carbocycles. The number of benzene rings is 2. The topological polar surface area (TPSA) is 73.3 Å². The van der Waals surface area contributed by atoms with Gasteiger partial charge in [-0.15, -0.1) is 0 Å². The third kappa shape index (κ3) is 4.21. The highest BCUT2D eigenvalue weighted by Crippen LogP contribution is 2.68. The van der Waals surface area contributed by atoms with Crippen LogP contribution in [0.25, 0.3) is 0 Å². The Hall–Kier alpha value is -2.23. The van der Waals surface area contributed by atoms with Crippen LogP contribution in [0.4, 0.5) is 0 Å². The number of nitrogens with one attached hydrogen (secondary N) is 1. The Morgan fingerprint density at radius 2 is 1.66 bits per heavy atom. The summed E-state index contributed by atoms with van der Waals surface area (Å²) in [6, 6.07) is 20.3. The van der Waals surface area contributed by atoms with Crippen molar-refractivity contribution < 1.29 is 9.47 Å². The van der Waals surface area contributed by atoms with E-state index < -0.39 is 0 Å². The summed E-state index contributed by atoms with van der Waals surface area (Å²) in [4.78, 5) is 26.9. The number of ether oxygens (including phenoxy) is 2. The molecule has 2 aliphatic carbocycles. The van der Waals surface area contributed by atoms with Gasteiger partial charge in [0.05, 0.1) is 29.5 Å². The van der Waals surface area contributed by atoms with Gasteiger partial charge in [0.15, 0.2) is 0 Å². The lowest BCUT2D eigenvalue weighted by Gasteiger charge is -2.24. The number of hydrogen-bond donors (Lipinski definition) is 1. The Morgan fingerprint density at radius 3 is 2.34 bits per heavy atom. The van der Waals surface area contributed by atoms with Gasteiger partial charge in [-0.25, -0.2) is 4.79 Å². The van der Waals surface area contributed by atoms with Crippen molar-refractivity contribution >= 4 is 22.6 Å². The molecule has 6 nitrogen and oxygen atoms in total. The van der Waals surface area contributed by atoms with Crippen LogP contribution in [-0.4, -0.2) is 22.3 Å². The maximum absolute atomic E-state index is 12.6.